The van der Waals surface area contributed by atoms with Gasteiger partial charge in [0.25, 0.3) is 11.2 Å². The summed E-state index contributed by atoms with van der Waals surface area (Å²) in [4.78, 5) is 23.1. The van der Waals surface area contributed by atoms with Crippen LogP contribution in [-0.4, -0.2) is 37.7 Å². The Bertz CT molecular complexity index is 1300. The largest absolute Gasteiger partial charge is 0.491 e. The smallest absolute Gasteiger partial charge is 0.296 e. The summed E-state index contributed by atoms with van der Waals surface area (Å²) in [7, 11) is 0. The lowest BCUT2D eigenvalue weighted by Crippen LogP contribution is -2.32. The quantitative estimate of drug-likeness (QED) is 0.355. The summed E-state index contributed by atoms with van der Waals surface area (Å²) in [6.07, 6.45) is -1.10. The van der Waals surface area contributed by atoms with Gasteiger partial charge in [-0.25, -0.2) is 4.68 Å². The van der Waals surface area contributed by atoms with Gasteiger partial charge in [0, 0.05) is 11.6 Å². The fourth-order valence-corrected chi connectivity index (χ4v) is 3.19. The fourth-order valence-electron chi connectivity index (χ4n) is 3.19. The van der Waals surface area contributed by atoms with E-state index in [2.05, 4.69) is 10.3 Å². The number of rotatable bonds is 7. The van der Waals surface area contributed by atoms with E-state index in [4.69, 9.17) is 9.26 Å². The SMILES string of the molecule is Cc1onc2c(=O)n(CC(O)COc3cccc([N+](=O)[O-])c3)nc(-c3ccccc3)c12. The molecule has 2 aromatic heterocycles. The third kappa shape index (κ3) is 4.14. The molecule has 0 amide bonds. The third-order valence-corrected chi connectivity index (χ3v) is 4.66. The summed E-state index contributed by atoms with van der Waals surface area (Å²) in [6.45, 7) is 1.36. The average molecular weight is 422 g/mol. The predicted octanol–water partition coefficient (Wildman–Crippen LogP) is 2.71. The van der Waals surface area contributed by atoms with Gasteiger partial charge in [-0.15, -0.1) is 0 Å². The molecule has 0 aliphatic rings. The number of non-ortho nitro benzene ring substituents is 1. The van der Waals surface area contributed by atoms with Crippen molar-refractivity contribution in [3.05, 3.63) is 80.8 Å². The standard InChI is InChI=1S/C21H18N4O6/c1-13-18-19(14-6-3-2-4-7-14)22-24(21(27)20(18)23-31-13)11-16(26)12-30-17-9-5-8-15(10-17)25(28)29/h2-10,16,26H,11-12H2,1H3. The van der Waals surface area contributed by atoms with Crippen molar-refractivity contribution < 1.29 is 19.3 Å². The topological polar surface area (TPSA) is 134 Å². The van der Waals surface area contributed by atoms with Crippen LogP contribution in [0, 0.1) is 17.0 Å². The highest BCUT2D eigenvalue weighted by Gasteiger charge is 2.20. The second-order valence-corrected chi connectivity index (χ2v) is 6.88. The Labute approximate surface area is 175 Å². The summed E-state index contributed by atoms with van der Waals surface area (Å²) in [5.74, 6) is 0.710. The Balaban J connectivity index is 1.60. The molecule has 0 spiro atoms. The van der Waals surface area contributed by atoms with Crippen molar-refractivity contribution >= 4 is 16.6 Å². The number of nitrogens with zero attached hydrogens (tertiary/aromatic N) is 4. The van der Waals surface area contributed by atoms with Crippen molar-refractivity contribution in [3.8, 4) is 17.0 Å². The van der Waals surface area contributed by atoms with Gasteiger partial charge in [0.2, 0.25) is 0 Å². The molecule has 1 atom stereocenters. The van der Waals surface area contributed by atoms with Crippen molar-refractivity contribution in [1.29, 1.82) is 0 Å². The van der Waals surface area contributed by atoms with E-state index in [1.165, 1.54) is 18.2 Å². The molecule has 0 bridgehead atoms. The van der Waals surface area contributed by atoms with E-state index in [0.717, 1.165) is 10.2 Å². The number of hydrogen-bond donors (Lipinski definition) is 1. The molecule has 0 saturated heterocycles. The molecule has 2 aromatic carbocycles. The van der Waals surface area contributed by atoms with Crippen molar-refractivity contribution in [1.82, 2.24) is 14.9 Å². The van der Waals surface area contributed by atoms with Gasteiger partial charge in [-0.3, -0.25) is 14.9 Å². The average Bonchev–Trinajstić information content (AvgIpc) is 3.17. The van der Waals surface area contributed by atoms with Crippen molar-refractivity contribution in [2.75, 3.05) is 6.61 Å². The molecule has 31 heavy (non-hydrogen) atoms. The Morgan fingerprint density at radius 2 is 2.00 bits per heavy atom. The molecule has 1 unspecified atom stereocenters. The number of nitro benzene ring substituents is 1. The van der Waals surface area contributed by atoms with Crippen LogP contribution in [0.25, 0.3) is 22.2 Å². The monoisotopic (exact) mass is 422 g/mol. The molecule has 10 nitrogen and oxygen atoms in total. The number of nitro groups is 1. The van der Waals surface area contributed by atoms with Gasteiger partial charge in [-0.1, -0.05) is 41.6 Å². The van der Waals surface area contributed by atoms with Gasteiger partial charge in [-0.2, -0.15) is 5.10 Å². The van der Waals surface area contributed by atoms with Crippen LogP contribution in [0.5, 0.6) is 5.75 Å². The normalized spacial score (nSPS) is 12.1. The number of aromatic nitrogens is 3. The van der Waals surface area contributed by atoms with Crippen LogP contribution in [0.2, 0.25) is 0 Å². The molecule has 0 aliphatic heterocycles. The van der Waals surface area contributed by atoms with E-state index in [1.807, 2.05) is 30.3 Å². The van der Waals surface area contributed by atoms with Gasteiger partial charge in [0.15, 0.2) is 5.52 Å². The van der Waals surface area contributed by atoms with Crippen LogP contribution >= 0.6 is 0 Å². The zero-order valence-electron chi connectivity index (χ0n) is 16.5. The predicted molar refractivity (Wildman–Crippen MR) is 111 cm³/mol. The van der Waals surface area contributed by atoms with Gasteiger partial charge in [0.1, 0.15) is 29.9 Å². The molecule has 0 saturated carbocycles. The van der Waals surface area contributed by atoms with Crippen molar-refractivity contribution in [2.24, 2.45) is 0 Å². The molecule has 10 heteroatoms. The summed E-state index contributed by atoms with van der Waals surface area (Å²) >= 11 is 0. The number of ether oxygens (including phenoxy) is 1. The first kappa shape index (κ1) is 20.2. The maximum Gasteiger partial charge on any atom is 0.296 e. The first-order chi connectivity index (χ1) is 14.9. The number of aliphatic hydroxyl groups is 1. The first-order valence-electron chi connectivity index (χ1n) is 9.42. The molecule has 0 aliphatic carbocycles. The number of fused-ring (bicyclic) bond motifs is 1. The zero-order chi connectivity index (χ0) is 22.0. The maximum absolute atomic E-state index is 12.8. The minimum absolute atomic E-state index is 0.121. The fraction of sp³-hybridized carbons (Fsp3) is 0.190. The Morgan fingerprint density at radius 3 is 2.74 bits per heavy atom. The number of aryl methyl sites for hydroxylation is 1. The minimum Gasteiger partial charge on any atom is -0.491 e. The van der Waals surface area contributed by atoms with Crippen molar-refractivity contribution in [2.45, 2.75) is 19.6 Å². The number of aliphatic hydroxyl groups excluding tert-OH is 1. The molecule has 2 heterocycles. The van der Waals surface area contributed by atoms with Crippen LogP contribution in [0.1, 0.15) is 5.76 Å². The Kier molecular flexibility index (Phi) is 5.46. The summed E-state index contributed by atoms with van der Waals surface area (Å²) in [5, 5.41) is 30.1. The molecule has 0 fully saturated rings. The lowest BCUT2D eigenvalue weighted by atomic mass is 10.1. The molecule has 0 radical (unpaired) electrons. The molecular formula is C21H18N4O6. The van der Waals surface area contributed by atoms with E-state index in [9.17, 15) is 20.0 Å². The Hall–Kier alpha value is -4.05. The summed E-state index contributed by atoms with van der Waals surface area (Å²) in [6, 6.07) is 14.9. The van der Waals surface area contributed by atoms with E-state index in [1.54, 1.807) is 13.0 Å². The van der Waals surface area contributed by atoms with E-state index in [-0.39, 0.29) is 30.1 Å². The van der Waals surface area contributed by atoms with Gasteiger partial charge >= 0.3 is 0 Å². The van der Waals surface area contributed by atoms with E-state index in [0.29, 0.717) is 16.8 Å². The Morgan fingerprint density at radius 1 is 1.23 bits per heavy atom. The molecule has 158 valence electrons. The highest BCUT2D eigenvalue weighted by atomic mass is 16.6. The van der Waals surface area contributed by atoms with Crippen molar-refractivity contribution in [3.63, 3.8) is 0 Å². The van der Waals surface area contributed by atoms with Crippen LogP contribution in [0.3, 0.4) is 0 Å². The second-order valence-electron chi connectivity index (χ2n) is 6.88. The van der Waals surface area contributed by atoms with Gasteiger partial charge in [-0.05, 0) is 13.0 Å². The number of hydrogen-bond acceptors (Lipinski definition) is 8. The maximum atomic E-state index is 12.8. The van der Waals surface area contributed by atoms with E-state index >= 15 is 0 Å². The molecule has 1 N–H and O–H groups in total. The lowest BCUT2D eigenvalue weighted by Gasteiger charge is -2.14. The van der Waals surface area contributed by atoms with E-state index < -0.39 is 16.6 Å². The lowest BCUT2D eigenvalue weighted by molar-refractivity contribution is -0.384. The molecule has 4 aromatic rings. The zero-order valence-corrected chi connectivity index (χ0v) is 16.5. The minimum atomic E-state index is -1.10. The second kappa shape index (κ2) is 8.36. The summed E-state index contributed by atoms with van der Waals surface area (Å²) in [5.41, 5.74) is 0.791. The van der Waals surface area contributed by atoms with Crippen LogP contribution in [0.4, 0.5) is 5.69 Å². The number of benzene rings is 2. The van der Waals surface area contributed by atoms with Gasteiger partial charge < -0.3 is 14.4 Å². The van der Waals surface area contributed by atoms with Crippen LogP contribution in [0.15, 0.2) is 63.9 Å². The first-order valence-corrected chi connectivity index (χ1v) is 9.42. The molecule has 4 rings (SSSR count). The third-order valence-electron chi connectivity index (χ3n) is 4.66. The summed E-state index contributed by atoms with van der Waals surface area (Å²) < 4.78 is 11.8. The molecular weight excluding hydrogens is 404 g/mol. The highest BCUT2D eigenvalue weighted by Crippen LogP contribution is 2.27. The highest BCUT2D eigenvalue weighted by molar-refractivity contribution is 5.92. The van der Waals surface area contributed by atoms with Crippen LogP contribution < -0.4 is 10.3 Å². The van der Waals surface area contributed by atoms with Gasteiger partial charge in [0.05, 0.1) is 22.9 Å². The van der Waals surface area contributed by atoms with Crippen LogP contribution in [-0.2, 0) is 6.54 Å².